The molecular weight excluding hydrogens is 178 g/mol. The molecule has 0 unspecified atom stereocenters. The molecule has 0 saturated carbocycles. The van der Waals surface area contributed by atoms with Gasteiger partial charge in [0, 0.05) is 18.7 Å². The molecule has 1 N–H and O–H groups in total. The Hall–Kier alpha value is -1.51. The largest absolute Gasteiger partial charge is 0.508 e. The normalized spacial score (nSPS) is 15.5. The Bertz CT molecular complexity index is 374. The Labute approximate surface area is 83.0 Å². The fourth-order valence-corrected chi connectivity index (χ4v) is 1.89. The maximum Gasteiger partial charge on any atom is 0.227 e. The number of fused-ring (bicyclic) bond motifs is 1. The van der Waals surface area contributed by atoms with Gasteiger partial charge in [-0.3, -0.25) is 4.79 Å². The molecule has 0 aliphatic carbocycles. The molecule has 0 aromatic heterocycles. The van der Waals surface area contributed by atoms with E-state index in [9.17, 15) is 9.90 Å². The maximum absolute atomic E-state index is 11.5. The molecule has 2 rings (SSSR count). The first-order chi connectivity index (χ1) is 6.72. The molecule has 0 saturated heterocycles. The highest BCUT2D eigenvalue weighted by atomic mass is 16.3. The summed E-state index contributed by atoms with van der Waals surface area (Å²) in [7, 11) is 0. The number of benzene rings is 1. The van der Waals surface area contributed by atoms with E-state index in [1.165, 1.54) is 0 Å². The van der Waals surface area contributed by atoms with Gasteiger partial charge in [0.25, 0.3) is 0 Å². The molecule has 3 heteroatoms. The minimum absolute atomic E-state index is 0.172. The van der Waals surface area contributed by atoms with Crippen molar-refractivity contribution in [2.45, 2.75) is 19.8 Å². The topological polar surface area (TPSA) is 40.5 Å². The van der Waals surface area contributed by atoms with Crippen molar-refractivity contribution >= 4 is 11.6 Å². The van der Waals surface area contributed by atoms with Gasteiger partial charge in [-0.05, 0) is 37.1 Å². The summed E-state index contributed by atoms with van der Waals surface area (Å²) in [5.41, 5.74) is 2.01. The number of aromatic hydroxyl groups is 1. The number of carbonyl (C=O) groups is 1. The van der Waals surface area contributed by atoms with Crippen molar-refractivity contribution in [2.75, 3.05) is 11.4 Å². The minimum atomic E-state index is 0.172. The second-order valence-corrected chi connectivity index (χ2v) is 3.45. The van der Waals surface area contributed by atoms with E-state index in [1.54, 1.807) is 17.0 Å². The summed E-state index contributed by atoms with van der Waals surface area (Å²) < 4.78 is 0. The smallest absolute Gasteiger partial charge is 0.227 e. The lowest BCUT2D eigenvalue weighted by molar-refractivity contribution is -0.118. The van der Waals surface area contributed by atoms with E-state index in [-0.39, 0.29) is 11.7 Å². The fourth-order valence-electron chi connectivity index (χ4n) is 1.89. The molecule has 0 fully saturated rings. The van der Waals surface area contributed by atoms with Gasteiger partial charge in [0.2, 0.25) is 5.91 Å². The summed E-state index contributed by atoms with van der Waals surface area (Å²) in [4.78, 5) is 13.3. The number of nitrogens with zero attached hydrogens (tertiary/aromatic N) is 1. The van der Waals surface area contributed by atoms with Gasteiger partial charge in [0.1, 0.15) is 5.75 Å². The molecule has 0 radical (unpaired) electrons. The second-order valence-electron chi connectivity index (χ2n) is 3.45. The lowest BCUT2D eigenvalue weighted by Gasteiger charge is -2.28. The van der Waals surface area contributed by atoms with Gasteiger partial charge in [-0.15, -0.1) is 0 Å². The number of anilines is 1. The van der Waals surface area contributed by atoms with E-state index in [0.29, 0.717) is 13.0 Å². The van der Waals surface area contributed by atoms with E-state index < -0.39 is 0 Å². The first-order valence-corrected chi connectivity index (χ1v) is 4.84. The number of carbonyl (C=O) groups excluding carboxylic acids is 1. The molecule has 0 bridgehead atoms. The summed E-state index contributed by atoms with van der Waals surface area (Å²) in [6.07, 6.45) is 1.28. The zero-order chi connectivity index (χ0) is 10.1. The first-order valence-electron chi connectivity index (χ1n) is 4.84. The van der Waals surface area contributed by atoms with Gasteiger partial charge in [0.05, 0.1) is 0 Å². The van der Waals surface area contributed by atoms with Crippen LogP contribution in [0.3, 0.4) is 0 Å². The SMILES string of the molecule is CCN1C(=O)CCc2cc(O)ccc21. The van der Waals surface area contributed by atoms with E-state index >= 15 is 0 Å². The molecule has 1 aliphatic rings. The van der Waals surface area contributed by atoms with Gasteiger partial charge in [-0.1, -0.05) is 0 Å². The van der Waals surface area contributed by atoms with Crippen LogP contribution in [0, 0.1) is 0 Å². The maximum atomic E-state index is 11.5. The van der Waals surface area contributed by atoms with Crippen molar-refractivity contribution in [1.29, 1.82) is 0 Å². The fraction of sp³-hybridized carbons (Fsp3) is 0.364. The second kappa shape index (κ2) is 3.33. The Kier molecular flexibility index (Phi) is 2.15. The number of aryl methyl sites for hydroxylation is 1. The van der Waals surface area contributed by atoms with Crippen LogP contribution in [0.4, 0.5) is 5.69 Å². The van der Waals surface area contributed by atoms with Gasteiger partial charge in [0.15, 0.2) is 0 Å². The van der Waals surface area contributed by atoms with Gasteiger partial charge >= 0.3 is 0 Å². The molecule has 1 aromatic rings. The predicted octanol–water partition coefficient (Wildman–Crippen LogP) is 1.69. The Morgan fingerprint density at radius 2 is 2.21 bits per heavy atom. The number of rotatable bonds is 1. The number of phenols is 1. The lowest BCUT2D eigenvalue weighted by Crippen LogP contribution is -2.34. The molecule has 0 spiro atoms. The summed E-state index contributed by atoms with van der Waals surface area (Å²) in [5, 5.41) is 9.31. The van der Waals surface area contributed by atoms with Crippen LogP contribution in [0.1, 0.15) is 18.9 Å². The average Bonchev–Trinajstić information content (AvgIpc) is 2.18. The van der Waals surface area contributed by atoms with Crippen molar-refractivity contribution in [3.05, 3.63) is 23.8 Å². The van der Waals surface area contributed by atoms with Crippen LogP contribution in [0.5, 0.6) is 5.75 Å². The van der Waals surface area contributed by atoms with Crippen molar-refractivity contribution in [3.63, 3.8) is 0 Å². The molecule has 1 aliphatic heterocycles. The van der Waals surface area contributed by atoms with Crippen LogP contribution in [0.25, 0.3) is 0 Å². The van der Waals surface area contributed by atoms with Crippen LogP contribution in [0.2, 0.25) is 0 Å². The Morgan fingerprint density at radius 1 is 1.43 bits per heavy atom. The number of hydrogen-bond acceptors (Lipinski definition) is 2. The first kappa shape index (κ1) is 9.06. The molecule has 1 amide bonds. The zero-order valence-electron chi connectivity index (χ0n) is 8.16. The third kappa shape index (κ3) is 1.35. The average molecular weight is 191 g/mol. The van der Waals surface area contributed by atoms with Crippen molar-refractivity contribution in [2.24, 2.45) is 0 Å². The van der Waals surface area contributed by atoms with E-state index in [4.69, 9.17) is 0 Å². The number of hydrogen-bond donors (Lipinski definition) is 1. The standard InChI is InChI=1S/C11H13NO2/c1-2-12-10-5-4-9(13)7-8(10)3-6-11(12)14/h4-5,7,13H,2-3,6H2,1H3. The summed E-state index contributed by atoms with van der Waals surface area (Å²) in [6.45, 7) is 2.65. The van der Waals surface area contributed by atoms with Crippen LogP contribution in [-0.4, -0.2) is 17.6 Å². The third-order valence-corrected chi connectivity index (χ3v) is 2.58. The molecule has 74 valence electrons. The van der Waals surface area contributed by atoms with Gasteiger partial charge in [-0.2, -0.15) is 0 Å². The van der Waals surface area contributed by atoms with Crippen molar-refractivity contribution in [3.8, 4) is 5.75 Å². The Morgan fingerprint density at radius 3 is 2.93 bits per heavy atom. The quantitative estimate of drug-likeness (QED) is 0.733. The Balaban J connectivity index is 2.47. The number of amides is 1. The highest BCUT2D eigenvalue weighted by molar-refractivity contribution is 5.96. The van der Waals surface area contributed by atoms with Crippen molar-refractivity contribution < 1.29 is 9.90 Å². The zero-order valence-corrected chi connectivity index (χ0v) is 8.16. The third-order valence-electron chi connectivity index (χ3n) is 2.58. The van der Waals surface area contributed by atoms with E-state index in [2.05, 4.69) is 0 Å². The molecular formula is C11H13NO2. The molecule has 1 aromatic carbocycles. The summed E-state index contributed by atoms with van der Waals surface area (Å²) >= 11 is 0. The molecule has 1 heterocycles. The van der Waals surface area contributed by atoms with Gasteiger partial charge < -0.3 is 10.0 Å². The van der Waals surface area contributed by atoms with Crippen LogP contribution >= 0.6 is 0 Å². The van der Waals surface area contributed by atoms with Crippen LogP contribution < -0.4 is 4.90 Å². The highest BCUT2D eigenvalue weighted by Crippen LogP contribution is 2.30. The number of phenolic OH excluding ortho intramolecular Hbond substituents is 1. The van der Waals surface area contributed by atoms with E-state index in [0.717, 1.165) is 17.7 Å². The van der Waals surface area contributed by atoms with Crippen LogP contribution in [0.15, 0.2) is 18.2 Å². The van der Waals surface area contributed by atoms with Gasteiger partial charge in [-0.25, -0.2) is 0 Å². The molecule has 3 nitrogen and oxygen atoms in total. The summed E-state index contributed by atoms with van der Waals surface area (Å²) in [5.74, 6) is 0.444. The van der Waals surface area contributed by atoms with Crippen molar-refractivity contribution in [1.82, 2.24) is 0 Å². The summed E-state index contributed by atoms with van der Waals surface area (Å²) in [6, 6.07) is 5.18. The highest BCUT2D eigenvalue weighted by Gasteiger charge is 2.22. The molecule has 14 heavy (non-hydrogen) atoms. The monoisotopic (exact) mass is 191 g/mol. The minimum Gasteiger partial charge on any atom is -0.508 e. The predicted molar refractivity (Wildman–Crippen MR) is 54.5 cm³/mol. The van der Waals surface area contributed by atoms with E-state index in [1.807, 2.05) is 13.0 Å². The van der Waals surface area contributed by atoms with Crippen LogP contribution in [-0.2, 0) is 11.2 Å². The molecule has 0 atom stereocenters. The lowest BCUT2D eigenvalue weighted by atomic mass is 10.0.